The van der Waals surface area contributed by atoms with Gasteiger partial charge in [-0.1, -0.05) is 0 Å². The van der Waals surface area contributed by atoms with Crippen molar-refractivity contribution in [2.45, 2.75) is 25.8 Å². The lowest BCUT2D eigenvalue weighted by Gasteiger charge is -2.23. The average molecular weight is 361 g/mol. The van der Waals surface area contributed by atoms with Crippen molar-refractivity contribution in [3.05, 3.63) is 55.5 Å². The Labute approximate surface area is 146 Å². The van der Waals surface area contributed by atoms with Crippen LogP contribution in [0.15, 0.2) is 23.6 Å². The molecule has 2 heterocycles. The van der Waals surface area contributed by atoms with Crippen LogP contribution in [0.25, 0.3) is 0 Å². The number of amides is 1. The number of rotatable bonds is 4. The van der Waals surface area contributed by atoms with Gasteiger partial charge in [-0.2, -0.15) is 0 Å². The molecule has 1 amide bonds. The molecule has 8 nitrogen and oxygen atoms in total. The number of likely N-dealkylation sites (tertiary alicyclic amines) is 1. The number of hydrogen-bond donors (Lipinski definition) is 1. The van der Waals surface area contributed by atoms with Crippen LogP contribution >= 0.6 is 11.3 Å². The first-order valence-electron chi connectivity index (χ1n) is 7.62. The molecule has 0 bridgehead atoms. The maximum absolute atomic E-state index is 12.9. The van der Waals surface area contributed by atoms with E-state index in [4.69, 9.17) is 5.11 Å². The van der Waals surface area contributed by atoms with E-state index in [9.17, 15) is 19.7 Å². The predicted octanol–water partition coefficient (Wildman–Crippen LogP) is 3.04. The zero-order valence-corrected chi connectivity index (χ0v) is 14.2. The zero-order valence-electron chi connectivity index (χ0n) is 13.3. The van der Waals surface area contributed by atoms with Crippen LogP contribution < -0.4 is 0 Å². The highest BCUT2D eigenvalue weighted by atomic mass is 32.1. The predicted molar refractivity (Wildman–Crippen MR) is 89.9 cm³/mol. The summed E-state index contributed by atoms with van der Waals surface area (Å²) in [6.07, 6.45) is 1.56. The third-order valence-electron chi connectivity index (χ3n) is 4.06. The highest BCUT2D eigenvalue weighted by Crippen LogP contribution is 2.35. The van der Waals surface area contributed by atoms with Gasteiger partial charge in [0.2, 0.25) is 0 Å². The second kappa shape index (κ2) is 6.60. The van der Waals surface area contributed by atoms with Gasteiger partial charge in [-0.25, -0.2) is 9.78 Å². The summed E-state index contributed by atoms with van der Waals surface area (Å²) in [5.41, 5.74) is 0.192. The van der Waals surface area contributed by atoms with Crippen molar-refractivity contribution < 1.29 is 19.6 Å². The molecule has 9 heteroatoms. The van der Waals surface area contributed by atoms with Crippen LogP contribution in [-0.2, 0) is 0 Å². The second-order valence-corrected chi connectivity index (χ2v) is 6.70. The number of aromatic carboxylic acids is 1. The normalized spacial score (nSPS) is 16.8. The van der Waals surface area contributed by atoms with E-state index in [1.165, 1.54) is 17.4 Å². The first kappa shape index (κ1) is 17.0. The SMILES string of the molecule is Cc1csc([C@H]2CCCN2C(=O)c2cc(C(=O)O)cc([N+](=O)[O-])c2)n1. The zero-order chi connectivity index (χ0) is 18.1. The van der Waals surface area contributed by atoms with Gasteiger partial charge in [0, 0.05) is 35.3 Å². The van der Waals surface area contributed by atoms with Gasteiger partial charge in [0.1, 0.15) is 5.01 Å². The molecule has 1 fully saturated rings. The molecular weight excluding hydrogens is 346 g/mol. The number of nitrogens with zero attached hydrogens (tertiary/aromatic N) is 3. The monoisotopic (exact) mass is 361 g/mol. The molecule has 1 aromatic carbocycles. The number of carbonyl (C=O) groups is 2. The molecule has 130 valence electrons. The third kappa shape index (κ3) is 3.36. The van der Waals surface area contributed by atoms with Crippen LogP contribution in [-0.4, -0.2) is 38.3 Å². The standard InChI is InChI=1S/C16H15N3O5S/c1-9-8-25-14(17-9)13-3-2-4-18(13)15(20)10-5-11(16(21)22)7-12(6-10)19(23)24/h5-8,13H,2-4H2,1H3,(H,21,22)/t13-/m1/s1. The van der Waals surface area contributed by atoms with Crippen molar-refractivity contribution in [3.8, 4) is 0 Å². The largest absolute Gasteiger partial charge is 0.478 e. The minimum Gasteiger partial charge on any atom is -0.478 e. The molecule has 1 aliphatic heterocycles. The van der Waals surface area contributed by atoms with Crippen LogP contribution in [0.1, 0.15) is 50.3 Å². The topological polar surface area (TPSA) is 114 Å². The maximum atomic E-state index is 12.9. The van der Waals surface area contributed by atoms with Gasteiger partial charge in [-0.3, -0.25) is 14.9 Å². The van der Waals surface area contributed by atoms with Crippen molar-refractivity contribution >= 4 is 28.9 Å². The fraction of sp³-hybridized carbons (Fsp3) is 0.312. The Morgan fingerprint density at radius 1 is 1.36 bits per heavy atom. The van der Waals surface area contributed by atoms with Gasteiger partial charge in [-0.05, 0) is 25.8 Å². The number of aromatic nitrogens is 1. The van der Waals surface area contributed by atoms with E-state index >= 15 is 0 Å². The average Bonchev–Trinajstić information content (AvgIpc) is 3.22. The van der Waals surface area contributed by atoms with Gasteiger partial charge in [0.15, 0.2) is 0 Å². The fourth-order valence-corrected chi connectivity index (χ4v) is 3.86. The van der Waals surface area contributed by atoms with Crippen LogP contribution in [0.3, 0.4) is 0 Å². The maximum Gasteiger partial charge on any atom is 0.335 e. The van der Waals surface area contributed by atoms with E-state index in [2.05, 4.69) is 4.98 Å². The van der Waals surface area contributed by atoms with Gasteiger partial charge in [0.25, 0.3) is 11.6 Å². The fourth-order valence-electron chi connectivity index (χ4n) is 2.92. The van der Waals surface area contributed by atoms with Crippen molar-refractivity contribution in [1.82, 2.24) is 9.88 Å². The minimum absolute atomic E-state index is 0.00628. The summed E-state index contributed by atoms with van der Waals surface area (Å²) in [4.78, 5) is 40.5. The lowest BCUT2D eigenvalue weighted by Crippen LogP contribution is -2.30. The van der Waals surface area contributed by atoms with Crippen molar-refractivity contribution in [2.24, 2.45) is 0 Å². The lowest BCUT2D eigenvalue weighted by atomic mass is 10.1. The van der Waals surface area contributed by atoms with Gasteiger partial charge in [0.05, 0.1) is 16.5 Å². The third-order valence-corrected chi connectivity index (χ3v) is 5.12. The molecule has 25 heavy (non-hydrogen) atoms. The quantitative estimate of drug-likeness (QED) is 0.661. The minimum atomic E-state index is -1.31. The van der Waals surface area contributed by atoms with Crippen LogP contribution in [0.2, 0.25) is 0 Å². The number of thiazole rings is 1. The lowest BCUT2D eigenvalue weighted by molar-refractivity contribution is -0.384. The van der Waals surface area contributed by atoms with Crippen LogP contribution in [0.4, 0.5) is 5.69 Å². The molecule has 3 rings (SSSR count). The van der Waals surface area contributed by atoms with E-state index in [0.29, 0.717) is 6.54 Å². The Bertz CT molecular complexity index is 831. The van der Waals surface area contributed by atoms with Crippen LogP contribution in [0, 0.1) is 17.0 Å². The molecule has 1 atom stereocenters. The Morgan fingerprint density at radius 3 is 2.68 bits per heavy atom. The summed E-state index contributed by atoms with van der Waals surface area (Å²) in [6, 6.07) is 3.07. The molecule has 1 aliphatic rings. The number of nitro benzene ring substituents is 1. The summed E-state index contributed by atoms with van der Waals surface area (Å²) >= 11 is 1.47. The number of carboxylic acids is 1. The summed E-state index contributed by atoms with van der Waals surface area (Å²) in [7, 11) is 0. The number of hydrogen-bond acceptors (Lipinski definition) is 6. The Balaban J connectivity index is 1.96. The number of carbonyl (C=O) groups excluding carboxylic acids is 1. The number of aryl methyl sites for hydroxylation is 1. The van der Waals surface area contributed by atoms with Crippen LogP contribution in [0.5, 0.6) is 0 Å². The van der Waals surface area contributed by atoms with Gasteiger partial charge in [-0.15, -0.1) is 11.3 Å². The molecule has 2 aromatic rings. The van der Waals surface area contributed by atoms with E-state index in [1.54, 1.807) is 4.90 Å². The highest BCUT2D eigenvalue weighted by Gasteiger charge is 2.33. The Morgan fingerprint density at radius 2 is 2.08 bits per heavy atom. The first-order chi connectivity index (χ1) is 11.9. The number of non-ortho nitro benzene ring substituents is 1. The molecule has 0 saturated carbocycles. The number of carboxylic acid groups (broad SMARTS) is 1. The van der Waals surface area contributed by atoms with E-state index in [1.807, 2.05) is 12.3 Å². The molecule has 0 radical (unpaired) electrons. The molecule has 0 unspecified atom stereocenters. The molecular formula is C16H15N3O5S. The smallest absolute Gasteiger partial charge is 0.335 e. The van der Waals surface area contributed by atoms with E-state index < -0.39 is 22.5 Å². The summed E-state index contributed by atoms with van der Waals surface area (Å²) in [5, 5.41) is 22.9. The van der Waals surface area contributed by atoms with Crippen molar-refractivity contribution in [2.75, 3.05) is 6.54 Å². The molecule has 0 spiro atoms. The van der Waals surface area contributed by atoms with E-state index in [0.717, 1.165) is 35.7 Å². The Kier molecular flexibility index (Phi) is 4.49. The summed E-state index contributed by atoms with van der Waals surface area (Å²) in [6.45, 7) is 2.38. The van der Waals surface area contributed by atoms with Gasteiger partial charge >= 0.3 is 5.97 Å². The van der Waals surface area contributed by atoms with Crippen molar-refractivity contribution in [3.63, 3.8) is 0 Å². The molecule has 1 saturated heterocycles. The Hall–Kier alpha value is -2.81. The number of benzene rings is 1. The summed E-state index contributed by atoms with van der Waals surface area (Å²) in [5.74, 6) is -1.73. The summed E-state index contributed by atoms with van der Waals surface area (Å²) < 4.78 is 0. The number of nitro groups is 1. The first-order valence-corrected chi connectivity index (χ1v) is 8.50. The molecule has 1 N–H and O–H groups in total. The molecule has 1 aromatic heterocycles. The molecule has 0 aliphatic carbocycles. The second-order valence-electron chi connectivity index (χ2n) is 5.81. The van der Waals surface area contributed by atoms with Gasteiger partial charge < -0.3 is 10.0 Å². The van der Waals surface area contributed by atoms with E-state index in [-0.39, 0.29) is 17.2 Å². The van der Waals surface area contributed by atoms with Crippen molar-refractivity contribution in [1.29, 1.82) is 0 Å². The highest BCUT2D eigenvalue weighted by molar-refractivity contribution is 7.09.